The van der Waals surface area contributed by atoms with Crippen molar-refractivity contribution in [1.82, 2.24) is 9.55 Å². The predicted molar refractivity (Wildman–Crippen MR) is 57.1 cm³/mol. The summed E-state index contributed by atoms with van der Waals surface area (Å²) in [4.78, 5) is 4.47. The Labute approximate surface area is 85.3 Å². The molecular formula is C11H19N3. The molecule has 1 aromatic heterocycles. The van der Waals surface area contributed by atoms with E-state index in [4.69, 9.17) is 5.73 Å². The first-order chi connectivity index (χ1) is 6.92. The van der Waals surface area contributed by atoms with Gasteiger partial charge >= 0.3 is 0 Å². The molecule has 0 aliphatic heterocycles. The first-order valence-electron chi connectivity index (χ1n) is 5.63. The van der Waals surface area contributed by atoms with E-state index in [0.29, 0.717) is 12.5 Å². The Bertz CT molecular complexity index is 274. The Morgan fingerprint density at radius 3 is 2.86 bits per heavy atom. The Kier molecular flexibility index (Phi) is 3.19. The minimum absolute atomic E-state index is 0.685. The molecule has 2 rings (SSSR count). The van der Waals surface area contributed by atoms with Crippen LogP contribution in [0.2, 0.25) is 0 Å². The molecule has 0 aromatic carbocycles. The molecule has 3 heteroatoms. The molecule has 0 unspecified atom stereocenters. The maximum absolute atomic E-state index is 5.57. The van der Waals surface area contributed by atoms with E-state index in [9.17, 15) is 0 Å². The third-order valence-corrected chi connectivity index (χ3v) is 3.09. The highest BCUT2D eigenvalue weighted by Gasteiger charge is 2.19. The molecule has 3 nitrogen and oxygen atoms in total. The van der Waals surface area contributed by atoms with Crippen molar-refractivity contribution >= 4 is 0 Å². The summed E-state index contributed by atoms with van der Waals surface area (Å²) in [5, 5.41) is 0. The van der Waals surface area contributed by atoms with Gasteiger partial charge in [0, 0.05) is 31.4 Å². The molecule has 1 saturated carbocycles. The summed E-state index contributed by atoms with van der Waals surface area (Å²) in [6.07, 6.45) is 10.7. The Hall–Kier alpha value is -0.830. The Balaban J connectivity index is 2.09. The maximum Gasteiger partial charge on any atom is 0.111 e. The lowest BCUT2D eigenvalue weighted by Gasteiger charge is -2.21. The van der Waals surface area contributed by atoms with Crippen LogP contribution < -0.4 is 5.73 Å². The van der Waals surface area contributed by atoms with Gasteiger partial charge in [-0.2, -0.15) is 0 Å². The van der Waals surface area contributed by atoms with E-state index in [0.717, 1.165) is 6.54 Å². The first kappa shape index (κ1) is 9.71. The number of nitrogens with zero attached hydrogens (tertiary/aromatic N) is 2. The molecule has 78 valence electrons. The number of imidazole rings is 1. The van der Waals surface area contributed by atoms with Gasteiger partial charge < -0.3 is 10.3 Å². The number of nitrogens with two attached hydrogens (primary N) is 1. The summed E-state index contributed by atoms with van der Waals surface area (Å²) in [6, 6.07) is 0. The quantitative estimate of drug-likeness (QED) is 0.796. The second-order valence-electron chi connectivity index (χ2n) is 4.10. The second kappa shape index (κ2) is 4.60. The summed E-state index contributed by atoms with van der Waals surface area (Å²) < 4.78 is 2.22. The molecule has 0 bridgehead atoms. The molecule has 1 aromatic rings. The van der Waals surface area contributed by atoms with Crippen LogP contribution >= 0.6 is 0 Å². The third kappa shape index (κ3) is 1.98. The van der Waals surface area contributed by atoms with Gasteiger partial charge in [0.25, 0.3) is 0 Å². The maximum atomic E-state index is 5.57. The van der Waals surface area contributed by atoms with Crippen molar-refractivity contribution < 1.29 is 0 Å². The lowest BCUT2D eigenvalue weighted by molar-refractivity contribution is 0.415. The van der Waals surface area contributed by atoms with Gasteiger partial charge in [0.2, 0.25) is 0 Å². The Morgan fingerprint density at radius 2 is 2.14 bits per heavy atom. The van der Waals surface area contributed by atoms with Crippen molar-refractivity contribution in [3.63, 3.8) is 0 Å². The fourth-order valence-corrected chi connectivity index (χ4v) is 2.37. The monoisotopic (exact) mass is 193 g/mol. The molecule has 1 fully saturated rings. The summed E-state index contributed by atoms with van der Waals surface area (Å²) in [5.41, 5.74) is 5.57. The average Bonchev–Trinajstić information content (AvgIpc) is 2.68. The van der Waals surface area contributed by atoms with Crippen molar-refractivity contribution in [3.8, 4) is 0 Å². The highest BCUT2D eigenvalue weighted by atomic mass is 15.1. The molecule has 1 aliphatic carbocycles. The van der Waals surface area contributed by atoms with Crippen LogP contribution in [0.25, 0.3) is 0 Å². The van der Waals surface area contributed by atoms with E-state index in [1.807, 2.05) is 6.20 Å². The summed E-state index contributed by atoms with van der Waals surface area (Å²) in [5.74, 6) is 1.94. The zero-order valence-corrected chi connectivity index (χ0v) is 8.65. The van der Waals surface area contributed by atoms with E-state index in [2.05, 4.69) is 15.7 Å². The average molecular weight is 193 g/mol. The van der Waals surface area contributed by atoms with Crippen molar-refractivity contribution in [2.45, 2.75) is 44.6 Å². The lowest BCUT2D eigenvalue weighted by Crippen LogP contribution is -2.16. The van der Waals surface area contributed by atoms with Crippen LogP contribution in [0.5, 0.6) is 0 Å². The number of hydrogen-bond acceptors (Lipinski definition) is 2. The van der Waals surface area contributed by atoms with Crippen LogP contribution in [-0.4, -0.2) is 16.1 Å². The number of aromatic nitrogens is 2. The molecule has 0 atom stereocenters. The van der Waals surface area contributed by atoms with E-state index < -0.39 is 0 Å². The van der Waals surface area contributed by atoms with E-state index in [1.165, 1.54) is 37.9 Å². The van der Waals surface area contributed by atoms with Crippen LogP contribution in [0.3, 0.4) is 0 Å². The number of rotatable bonds is 3. The fourth-order valence-electron chi connectivity index (χ4n) is 2.37. The van der Waals surface area contributed by atoms with Gasteiger partial charge in [-0.15, -0.1) is 0 Å². The molecule has 1 heterocycles. The topological polar surface area (TPSA) is 43.8 Å². The Morgan fingerprint density at radius 1 is 1.36 bits per heavy atom. The zero-order chi connectivity index (χ0) is 9.80. The van der Waals surface area contributed by atoms with Crippen LogP contribution in [0.1, 0.15) is 43.8 Å². The van der Waals surface area contributed by atoms with Gasteiger partial charge in [0.1, 0.15) is 5.82 Å². The van der Waals surface area contributed by atoms with Crippen LogP contribution in [0, 0.1) is 0 Å². The molecule has 0 saturated heterocycles. The van der Waals surface area contributed by atoms with Gasteiger partial charge in [-0.1, -0.05) is 19.3 Å². The second-order valence-corrected chi connectivity index (χ2v) is 4.10. The lowest BCUT2D eigenvalue weighted by atomic mass is 9.88. The van der Waals surface area contributed by atoms with E-state index >= 15 is 0 Å². The minimum Gasteiger partial charge on any atom is -0.333 e. The highest BCUT2D eigenvalue weighted by Crippen LogP contribution is 2.31. The van der Waals surface area contributed by atoms with E-state index in [1.54, 1.807) is 0 Å². The van der Waals surface area contributed by atoms with Crippen molar-refractivity contribution in [1.29, 1.82) is 0 Å². The molecule has 2 N–H and O–H groups in total. The summed E-state index contributed by atoms with van der Waals surface area (Å²) >= 11 is 0. The van der Waals surface area contributed by atoms with Gasteiger partial charge in [-0.3, -0.25) is 0 Å². The predicted octanol–water partition coefficient (Wildman–Crippen LogP) is 1.89. The highest BCUT2D eigenvalue weighted by molar-refractivity contribution is 5.01. The summed E-state index contributed by atoms with van der Waals surface area (Å²) in [6.45, 7) is 1.61. The molecule has 0 amide bonds. The molecular weight excluding hydrogens is 174 g/mol. The first-order valence-corrected chi connectivity index (χ1v) is 5.63. The van der Waals surface area contributed by atoms with Crippen molar-refractivity contribution in [3.05, 3.63) is 18.2 Å². The van der Waals surface area contributed by atoms with Gasteiger partial charge in [-0.25, -0.2) is 4.98 Å². The van der Waals surface area contributed by atoms with Gasteiger partial charge in [0.05, 0.1) is 0 Å². The smallest absolute Gasteiger partial charge is 0.111 e. The largest absolute Gasteiger partial charge is 0.333 e. The minimum atomic E-state index is 0.685. The third-order valence-electron chi connectivity index (χ3n) is 3.09. The number of hydrogen-bond donors (Lipinski definition) is 1. The van der Waals surface area contributed by atoms with Crippen LogP contribution in [0.4, 0.5) is 0 Å². The normalized spacial score (nSPS) is 18.6. The molecule has 0 spiro atoms. The van der Waals surface area contributed by atoms with Crippen LogP contribution in [-0.2, 0) is 6.54 Å². The van der Waals surface area contributed by atoms with Gasteiger partial charge in [0.15, 0.2) is 0 Å². The van der Waals surface area contributed by atoms with Crippen molar-refractivity contribution in [2.24, 2.45) is 5.73 Å². The van der Waals surface area contributed by atoms with Crippen LogP contribution in [0.15, 0.2) is 12.4 Å². The summed E-state index contributed by atoms with van der Waals surface area (Å²) in [7, 11) is 0. The SMILES string of the molecule is NCCn1ccnc1C1CCCCC1. The van der Waals surface area contributed by atoms with Crippen molar-refractivity contribution in [2.75, 3.05) is 6.54 Å². The zero-order valence-electron chi connectivity index (χ0n) is 8.65. The standard InChI is InChI=1S/C11H19N3/c12-6-8-14-9-7-13-11(14)10-4-2-1-3-5-10/h7,9-10H,1-6,8,12H2. The fraction of sp³-hybridized carbons (Fsp3) is 0.727. The molecule has 0 radical (unpaired) electrons. The van der Waals surface area contributed by atoms with Gasteiger partial charge in [-0.05, 0) is 12.8 Å². The molecule has 1 aliphatic rings. The molecule has 14 heavy (non-hydrogen) atoms. The van der Waals surface area contributed by atoms with E-state index in [-0.39, 0.29) is 0 Å².